The summed E-state index contributed by atoms with van der Waals surface area (Å²) in [4.78, 5) is 151. The van der Waals surface area contributed by atoms with Gasteiger partial charge in [0.15, 0.2) is 17.8 Å². The fourth-order valence-electron chi connectivity index (χ4n) is 3.42. The Kier molecular flexibility index (Phi) is 19.0. The summed E-state index contributed by atoms with van der Waals surface area (Å²) >= 11 is 0. The minimum atomic E-state index is -2.84. The lowest BCUT2D eigenvalue weighted by Gasteiger charge is -2.25. The van der Waals surface area contributed by atoms with Gasteiger partial charge in [-0.05, 0) is 0 Å². The number of imidazole rings is 1. The van der Waals surface area contributed by atoms with Crippen LogP contribution >= 0.6 is 13.5 Å². The Hall–Kier alpha value is -8.35. The number of aliphatic carboxylic acids is 1. The zero-order valence-electron chi connectivity index (χ0n) is 27.0. The number of carbonyl (C=O) groups is 8. The predicted octanol–water partition coefficient (Wildman–Crippen LogP) is -12.4. The van der Waals surface area contributed by atoms with Crippen LogP contribution in [0.1, 0.15) is 0 Å². The maximum absolute atomic E-state index is 11.0. The SMILES string of the molecule is NC(=O)NC1=NC(=O)NC1(O)C(=O)[O-].NC(=O)N[C@H]1NC(=O)NC1=O.O.O=C1NC(=O)C2(O)N=C([O-])N=C2N1.O=C=O.O=c1[nH]c(=O)c2[nH]c(=O)[nH]c2[nH]1.OO.S. The number of nitrogens with two attached hydrogens (primary N) is 2. The first-order chi connectivity index (χ1) is 25.6. The number of carbonyl (C=O) groups excluding carboxylic acids is 10. The van der Waals surface area contributed by atoms with Crippen LogP contribution < -0.4 is 75.8 Å². The molecule has 6 rings (SSSR count). The lowest BCUT2D eigenvalue weighted by atomic mass is 10.1. The van der Waals surface area contributed by atoms with E-state index in [4.69, 9.17) is 25.8 Å². The van der Waals surface area contributed by atoms with Gasteiger partial charge in [0.1, 0.15) is 17.1 Å². The molecule has 0 saturated carbocycles. The van der Waals surface area contributed by atoms with E-state index in [1.54, 1.807) is 16.0 Å². The average molecular weight is 841 g/mol. The second-order valence-electron chi connectivity index (χ2n) is 9.04. The molecule has 0 bridgehead atoms. The number of carboxylic acids is 1. The molecule has 2 fully saturated rings. The smallest absolute Gasteiger partial charge is 0.373 e. The molecule has 57 heavy (non-hydrogen) atoms. The van der Waals surface area contributed by atoms with E-state index in [-0.39, 0.29) is 36.3 Å². The number of amides is 12. The quantitative estimate of drug-likeness (QED) is 0.0758. The molecule has 3 atom stereocenters. The number of hydrogen-bond acceptors (Lipinski definition) is 21. The van der Waals surface area contributed by atoms with Crippen molar-refractivity contribution < 1.29 is 84.4 Å². The van der Waals surface area contributed by atoms with Crippen LogP contribution in [0.3, 0.4) is 0 Å². The van der Waals surface area contributed by atoms with Gasteiger partial charge in [0.25, 0.3) is 23.1 Å². The molecule has 0 spiro atoms. The largest absolute Gasteiger partial charge is 0.845 e. The van der Waals surface area contributed by atoms with Crippen LogP contribution in [-0.2, 0) is 24.0 Å². The highest BCUT2D eigenvalue weighted by atomic mass is 32.1. The van der Waals surface area contributed by atoms with Gasteiger partial charge in [-0.1, -0.05) is 0 Å². The third kappa shape index (κ3) is 13.5. The van der Waals surface area contributed by atoms with Crippen molar-refractivity contribution in [1.29, 1.82) is 0 Å². The first kappa shape index (κ1) is 50.8. The number of nitrogens with zero attached hydrogens (tertiary/aromatic N) is 3. The van der Waals surface area contributed by atoms with E-state index in [2.05, 4.69) is 41.0 Å². The van der Waals surface area contributed by atoms with Gasteiger partial charge in [-0.3, -0.25) is 71.4 Å². The Balaban J connectivity index is 0. The molecule has 2 aromatic rings. The zero-order valence-corrected chi connectivity index (χ0v) is 28.0. The summed E-state index contributed by atoms with van der Waals surface area (Å²) in [5.74, 6) is -5.01. The molecule has 0 radical (unpaired) electrons. The van der Waals surface area contributed by atoms with Crippen molar-refractivity contribution in [2.75, 3.05) is 0 Å². The molecule has 0 aliphatic carbocycles. The highest BCUT2D eigenvalue weighted by molar-refractivity contribution is 7.59. The van der Waals surface area contributed by atoms with E-state index in [0.717, 1.165) is 0 Å². The number of amidine groups is 3. The van der Waals surface area contributed by atoms with E-state index in [0.29, 0.717) is 0 Å². The average Bonchev–Trinajstić information content (AvgIpc) is 3.77. The summed E-state index contributed by atoms with van der Waals surface area (Å²) in [5.41, 5.74) is 2.49. The van der Waals surface area contributed by atoms with Crippen LogP contribution in [-0.4, -0.2) is 136 Å². The fraction of sp³-hybridized carbons (Fsp3) is 0.150. The molecule has 2 saturated heterocycles. The van der Waals surface area contributed by atoms with Gasteiger partial charge in [0.2, 0.25) is 5.72 Å². The van der Waals surface area contributed by atoms with Crippen LogP contribution in [0, 0.1) is 0 Å². The van der Waals surface area contributed by atoms with E-state index in [1.165, 1.54) is 0 Å². The van der Waals surface area contributed by atoms with E-state index in [1.807, 2.05) is 20.9 Å². The molecule has 21 N–H and O–H groups in total. The van der Waals surface area contributed by atoms with Crippen LogP contribution in [0.4, 0.5) is 24.0 Å². The van der Waals surface area contributed by atoms with Crippen LogP contribution in [0.2, 0.25) is 0 Å². The minimum absolute atomic E-state index is 0. The number of aromatic nitrogens is 4. The molecule has 12 amide bonds. The lowest BCUT2D eigenvalue weighted by molar-refractivity contribution is -0.320. The van der Waals surface area contributed by atoms with Crippen LogP contribution in [0.15, 0.2) is 29.4 Å². The molecule has 37 heteroatoms. The van der Waals surface area contributed by atoms with E-state index in [9.17, 15) is 73.2 Å². The second kappa shape index (κ2) is 21.4. The number of primary amides is 2. The van der Waals surface area contributed by atoms with Gasteiger partial charge in [0.05, 0.1) is 6.02 Å². The summed E-state index contributed by atoms with van der Waals surface area (Å²) in [6, 6.07) is -5.66. The van der Waals surface area contributed by atoms with Crippen LogP contribution in [0.25, 0.3) is 11.2 Å². The molecule has 6 heterocycles. The number of hydrogen-bond donors (Lipinski definition) is 17. The Bertz CT molecular complexity index is 2220. The van der Waals surface area contributed by atoms with Crippen molar-refractivity contribution >= 4 is 96.4 Å². The third-order valence-corrected chi connectivity index (χ3v) is 5.43. The molecule has 4 aliphatic heterocycles. The number of carboxylic acid groups (broad SMARTS) is 1. The number of nitrogens with one attached hydrogen (secondary N) is 11. The topological polar surface area (TPSA) is 617 Å². The number of aliphatic hydroxyl groups is 2. The molecular formula is C20H24N16O20S-2. The standard InChI is InChI=1S/C5H6N4O5.C5H4N4O4.C5H4N4O3.C4H6N4O3.CO2.H2O2.H2O.H2S/c6-3(12)7-1-5(14,2(10)11)9-4(13)8-1;10-2-5(13)1(6-3(11)8-2)7-4(12)9-5;10-3-1-2(7-4(11)6-1)8-5(12)9-3;5-3(10)6-1-2(9)8-4(11)7-1;2-1-3;1-2;;/h14H,(H,10,11)(H4,6,7,8,9,12,13);13H,(H3,6,7,8,9,10,11,12);(H4,6,7,8,9,10,11,12);1H,(H3,5,6,10)(H2,7,8,9,11);;1-2H;2*1H2/p-2/t;;;1-;;;;/m...0..../s1. The molecule has 36 nitrogen and oxygen atoms in total. The molecule has 4 aliphatic rings. The van der Waals surface area contributed by atoms with E-state index >= 15 is 0 Å². The highest BCUT2D eigenvalue weighted by Crippen LogP contribution is 2.16. The number of aromatic amines is 4. The molecule has 2 aromatic heterocycles. The van der Waals surface area contributed by atoms with Gasteiger partial charge >= 0.3 is 47.7 Å². The number of fused-ring (bicyclic) bond motifs is 2. The monoisotopic (exact) mass is 840 g/mol. The first-order valence-corrected chi connectivity index (χ1v) is 13.0. The fourth-order valence-corrected chi connectivity index (χ4v) is 3.42. The summed E-state index contributed by atoms with van der Waals surface area (Å²) in [6.07, 6.45) is -0.792. The number of imide groups is 2. The molecule has 2 unspecified atom stereocenters. The highest BCUT2D eigenvalue weighted by Gasteiger charge is 2.49. The lowest BCUT2D eigenvalue weighted by Crippen LogP contribution is -2.64. The van der Waals surface area contributed by atoms with Gasteiger partial charge in [-0.2, -0.15) is 28.1 Å². The Labute approximate surface area is 313 Å². The summed E-state index contributed by atoms with van der Waals surface area (Å²) in [7, 11) is 0. The van der Waals surface area contributed by atoms with Crippen LogP contribution in [0.5, 0.6) is 0 Å². The van der Waals surface area contributed by atoms with Crippen molar-refractivity contribution in [2.45, 2.75) is 17.6 Å². The molecular weight excluding hydrogens is 816 g/mol. The number of rotatable bonds is 2. The van der Waals surface area contributed by atoms with Crippen molar-refractivity contribution in [3.05, 3.63) is 31.3 Å². The van der Waals surface area contributed by atoms with Gasteiger partial charge in [-0.15, -0.1) is 0 Å². The first-order valence-electron chi connectivity index (χ1n) is 13.0. The van der Waals surface area contributed by atoms with Crippen molar-refractivity contribution in [3.8, 4) is 0 Å². The van der Waals surface area contributed by atoms with Gasteiger partial charge in [-0.25, -0.2) is 43.5 Å². The Morgan fingerprint density at radius 2 is 1.37 bits per heavy atom. The second-order valence-corrected chi connectivity index (χ2v) is 9.04. The number of urea groups is 5. The zero-order chi connectivity index (χ0) is 42.4. The van der Waals surface area contributed by atoms with Crippen molar-refractivity contribution in [2.24, 2.45) is 26.4 Å². The summed E-state index contributed by atoms with van der Waals surface area (Å²) < 4.78 is 0. The maximum atomic E-state index is 11.0. The minimum Gasteiger partial charge on any atom is -0.845 e. The van der Waals surface area contributed by atoms with Crippen molar-refractivity contribution in [3.63, 3.8) is 0 Å². The summed E-state index contributed by atoms with van der Waals surface area (Å²) in [5, 5.41) is 64.7. The van der Waals surface area contributed by atoms with Gasteiger partial charge in [0, 0.05) is 0 Å². The van der Waals surface area contributed by atoms with E-state index < -0.39 is 100 Å². The molecule has 0 aromatic carbocycles. The number of aliphatic imine (C=N–C) groups is 3. The Morgan fingerprint density at radius 1 is 0.825 bits per heavy atom. The molecule has 312 valence electrons. The predicted molar refractivity (Wildman–Crippen MR) is 173 cm³/mol. The number of H-pyrrole nitrogens is 4. The Morgan fingerprint density at radius 3 is 1.84 bits per heavy atom. The summed E-state index contributed by atoms with van der Waals surface area (Å²) in [6.45, 7) is 0. The maximum Gasteiger partial charge on any atom is 0.373 e. The normalized spacial score (nSPS) is 20.2. The van der Waals surface area contributed by atoms with Gasteiger partial charge < -0.3 is 52.8 Å². The third-order valence-electron chi connectivity index (χ3n) is 5.43. The van der Waals surface area contributed by atoms with Crippen molar-refractivity contribution in [1.82, 2.24) is 57.2 Å².